The van der Waals surface area contributed by atoms with Crippen LogP contribution in [-0.4, -0.2) is 50.6 Å². The number of hydrogen-bond donors (Lipinski definition) is 3. The lowest BCUT2D eigenvalue weighted by molar-refractivity contribution is -0.881. The van der Waals surface area contributed by atoms with Crippen LogP contribution in [0, 0.1) is 0 Å². The zero-order chi connectivity index (χ0) is 21.6. The summed E-state index contributed by atoms with van der Waals surface area (Å²) in [6.07, 6.45) is -2.56. The Balaban J connectivity index is 2.13. The number of benzene rings is 1. The molecular weight excluding hydrogens is 385 g/mol. The molecule has 1 saturated heterocycles. The number of rotatable bonds is 8. The van der Waals surface area contributed by atoms with Gasteiger partial charge in [0.1, 0.15) is 0 Å². The Morgan fingerprint density at radius 2 is 1.76 bits per heavy atom. The van der Waals surface area contributed by atoms with Crippen LogP contribution in [0.2, 0.25) is 0 Å². The van der Waals surface area contributed by atoms with Crippen molar-refractivity contribution in [2.75, 3.05) is 42.9 Å². The van der Waals surface area contributed by atoms with Crippen LogP contribution in [0.25, 0.3) is 0 Å². The second-order valence-electron chi connectivity index (χ2n) is 7.65. The number of quaternary nitrogens is 1. The third kappa shape index (κ3) is 6.92. The number of halogens is 3. The Hall–Kier alpha value is -2.29. The molecule has 1 fully saturated rings. The topological polar surface area (TPSA) is 65.9 Å². The molecular formula is C20H30F3N4O2+. The maximum absolute atomic E-state index is 13.2. The summed E-state index contributed by atoms with van der Waals surface area (Å²) in [6.45, 7) is 7.71. The van der Waals surface area contributed by atoms with E-state index in [0.29, 0.717) is 12.2 Å². The number of hydrogen-bond acceptors (Lipinski definition) is 3. The smallest absolute Gasteiger partial charge is 0.370 e. The minimum absolute atomic E-state index is 0.00228. The highest BCUT2D eigenvalue weighted by molar-refractivity contribution is 5.95. The van der Waals surface area contributed by atoms with Gasteiger partial charge in [-0.25, -0.2) is 0 Å². The fourth-order valence-corrected chi connectivity index (χ4v) is 3.38. The van der Waals surface area contributed by atoms with Gasteiger partial charge >= 0.3 is 6.18 Å². The molecule has 2 amide bonds. The van der Waals surface area contributed by atoms with Gasteiger partial charge in [-0.1, -0.05) is 0 Å². The number of anilines is 2. The van der Waals surface area contributed by atoms with Crippen molar-refractivity contribution < 1.29 is 27.7 Å². The van der Waals surface area contributed by atoms with E-state index in [1.165, 1.54) is 6.07 Å². The quantitative estimate of drug-likeness (QED) is 0.605. The fraction of sp³-hybridized carbons (Fsp3) is 0.600. The summed E-state index contributed by atoms with van der Waals surface area (Å²) in [5, 5.41) is 5.42. The highest BCUT2D eigenvalue weighted by Gasteiger charge is 2.32. The van der Waals surface area contributed by atoms with Gasteiger partial charge in [0, 0.05) is 19.1 Å². The average molecular weight is 415 g/mol. The molecule has 0 aliphatic carbocycles. The molecule has 9 heteroatoms. The van der Waals surface area contributed by atoms with Gasteiger partial charge in [-0.05, 0) is 51.8 Å². The molecule has 2 rings (SSSR count). The first-order chi connectivity index (χ1) is 13.6. The lowest BCUT2D eigenvalue weighted by atomic mass is 10.1. The molecule has 1 heterocycles. The number of amides is 2. The van der Waals surface area contributed by atoms with Crippen LogP contribution in [0.15, 0.2) is 18.2 Å². The predicted molar refractivity (Wildman–Crippen MR) is 106 cm³/mol. The number of carbonyl (C=O) groups is 2. The van der Waals surface area contributed by atoms with Gasteiger partial charge in [0.05, 0.1) is 23.5 Å². The summed E-state index contributed by atoms with van der Waals surface area (Å²) in [5.74, 6) is -0.583. The maximum atomic E-state index is 13.2. The molecule has 0 aromatic heterocycles. The van der Waals surface area contributed by atoms with Crippen LogP contribution in [0.1, 0.15) is 39.2 Å². The summed E-state index contributed by atoms with van der Waals surface area (Å²) in [6, 6.07) is 3.46. The Bertz CT molecular complexity index is 716. The van der Waals surface area contributed by atoms with Gasteiger partial charge in [-0.3, -0.25) is 9.59 Å². The summed E-state index contributed by atoms with van der Waals surface area (Å²) < 4.78 is 39.5. The molecule has 1 aromatic carbocycles. The van der Waals surface area contributed by atoms with Crippen molar-refractivity contribution >= 4 is 23.2 Å². The van der Waals surface area contributed by atoms with Crippen molar-refractivity contribution in [2.24, 2.45) is 0 Å². The monoisotopic (exact) mass is 415 g/mol. The first kappa shape index (κ1) is 23.0. The van der Waals surface area contributed by atoms with E-state index in [1.807, 2.05) is 25.7 Å². The molecule has 0 radical (unpaired) electrons. The Labute approximate surface area is 169 Å². The van der Waals surface area contributed by atoms with Crippen molar-refractivity contribution in [2.45, 2.75) is 45.8 Å². The number of nitrogens with zero attached hydrogens (tertiary/aromatic N) is 1. The number of nitrogens with one attached hydrogen (secondary N) is 3. The van der Waals surface area contributed by atoms with Gasteiger partial charge in [0.25, 0.3) is 11.8 Å². The lowest BCUT2D eigenvalue weighted by Crippen LogP contribution is -3.14. The van der Waals surface area contributed by atoms with Crippen LogP contribution in [0.3, 0.4) is 0 Å². The van der Waals surface area contributed by atoms with Crippen LogP contribution in [-0.2, 0) is 15.8 Å². The first-order valence-electron chi connectivity index (χ1n) is 9.99. The number of carbonyl (C=O) groups excluding carboxylic acids is 2. The molecule has 29 heavy (non-hydrogen) atoms. The van der Waals surface area contributed by atoms with Gasteiger partial charge in [0.2, 0.25) is 0 Å². The molecule has 0 bridgehead atoms. The van der Waals surface area contributed by atoms with Crippen molar-refractivity contribution in [3.05, 3.63) is 23.8 Å². The molecule has 0 saturated carbocycles. The van der Waals surface area contributed by atoms with E-state index in [9.17, 15) is 22.8 Å². The summed E-state index contributed by atoms with van der Waals surface area (Å²) in [4.78, 5) is 27.2. The molecule has 1 aliphatic rings. The van der Waals surface area contributed by atoms with Crippen molar-refractivity contribution in [3.63, 3.8) is 0 Å². The molecule has 1 aromatic rings. The van der Waals surface area contributed by atoms with E-state index in [-0.39, 0.29) is 30.7 Å². The summed E-state index contributed by atoms with van der Waals surface area (Å²) in [5.41, 5.74) is -0.0417. The van der Waals surface area contributed by atoms with Crippen LogP contribution < -0.4 is 20.4 Å². The molecule has 162 valence electrons. The molecule has 1 aliphatic heterocycles. The molecule has 1 unspecified atom stereocenters. The standard InChI is InChI=1S/C20H29F3N4O2/c1-4-26(12-18(28)24-14(2)3)13-19(29)25-16-11-15(20(21,22)23)7-8-17(16)27-9-5-6-10-27/h7-8,11,14H,4-6,9-10,12-13H2,1-3H3,(H,24,28)(H,25,29)/p+1. The van der Waals surface area contributed by atoms with E-state index >= 15 is 0 Å². The van der Waals surface area contributed by atoms with Crippen LogP contribution in [0.5, 0.6) is 0 Å². The van der Waals surface area contributed by atoms with Crippen molar-refractivity contribution in [3.8, 4) is 0 Å². The average Bonchev–Trinajstić information content (AvgIpc) is 3.13. The third-order valence-electron chi connectivity index (χ3n) is 4.82. The highest BCUT2D eigenvalue weighted by Crippen LogP contribution is 2.36. The van der Waals surface area contributed by atoms with Crippen LogP contribution >= 0.6 is 0 Å². The largest absolute Gasteiger partial charge is 0.416 e. The zero-order valence-electron chi connectivity index (χ0n) is 17.2. The lowest BCUT2D eigenvalue weighted by Gasteiger charge is -2.23. The normalized spacial score (nSPS) is 15.5. The Morgan fingerprint density at radius 3 is 2.31 bits per heavy atom. The minimum Gasteiger partial charge on any atom is -0.370 e. The molecule has 0 spiro atoms. The number of alkyl halides is 3. The Kier molecular flexibility index (Phi) is 7.89. The van der Waals surface area contributed by atoms with E-state index < -0.39 is 17.6 Å². The van der Waals surface area contributed by atoms with E-state index in [1.54, 1.807) is 0 Å². The van der Waals surface area contributed by atoms with E-state index in [2.05, 4.69) is 10.6 Å². The van der Waals surface area contributed by atoms with E-state index in [4.69, 9.17) is 0 Å². The molecule has 1 atom stereocenters. The van der Waals surface area contributed by atoms with Crippen LogP contribution in [0.4, 0.5) is 24.5 Å². The molecule has 3 N–H and O–H groups in total. The van der Waals surface area contributed by atoms with Gasteiger partial charge in [0.15, 0.2) is 13.1 Å². The van der Waals surface area contributed by atoms with E-state index in [0.717, 1.165) is 43.0 Å². The SMILES string of the molecule is CC[NH+](CC(=O)Nc1cc(C(F)(F)F)ccc1N1CCCC1)CC(=O)NC(C)C. The second kappa shape index (κ2) is 9.96. The van der Waals surface area contributed by atoms with Crippen molar-refractivity contribution in [1.29, 1.82) is 0 Å². The summed E-state index contributed by atoms with van der Waals surface area (Å²) in [7, 11) is 0. The summed E-state index contributed by atoms with van der Waals surface area (Å²) >= 11 is 0. The Morgan fingerprint density at radius 1 is 1.14 bits per heavy atom. The second-order valence-corrected chi connectivity index (χ2v) is 7.65. The predicted octanol–water partition coefficient (Wildman–Crippen LogP) is 1.67. The third-order valence-corrected chi connectivity index (χ3v) is 4.82. The fourth-order valence-electron chi connectivity index (χ4n) is 3.38. The van der Waals surface area contributed by atoms with Gasteiger partial charge in [-0.2, -0.15) is 13.2 Å². The highest BCUT2D eigenvalue weighted by atomic mass is 19.4. The first-order valence-corrected chi connectivity index (χ1v) is 9.99. The van der Waals surface area contributed by atoms with Crippen molar-refractivity contribution in [1.82, 2.24) is 5.32 Å². The van der Waals surface area contributed by atoms with Gasteiger partial charge in [-0.15, -0.1) is 0 Å². The maximum Gasteiger partial charge on any atom is 0.416 e. The number of likely N-dealkylation sites (N-methyl/N-ethyl adjacent to an activating group) is 1. The van der Waals surface area contributed by atoms with Gasteiger partial charge < -0.3 is 20.4 Å². The minimum atomic E-state index is -4.49. The zero-order valence-corrected chi connectivity index (χ0v) is 17.2. The molecule has 6 nitrogen and oxygen atoms in total.